The molecule has 1 aromatic heterocycles. The Morgan fingerprint density at radius 3 is 2.28 bits per heavy atom. The molecule has 1 heterocycles. The van der Waals surface area contributed by atoms with E-state index in [1.165, 1.54) is 11.3 Å². The van der Waals surface area contributed by atoms with Crippen LogP contribution in [0.2, 0.25) is 0 Å². The molecule has 0 radical (unpaired) electrons. The quantitative estimate of drug-likeness (QED) is 0.359. The fourth-order valence-electron chi connectivity index (χ4n) is 2.89. The van der Waals surface area contributed by atoms with Gasteiger partial charge in [-0.25, -0.2) is 4.68 Å². The molecule has 0 aliphatic carbocycles. The Labute approximate surface area is 190 Å². The summed E-state index contributed by atoms with van der Waals surface area (Å²) in [4.78, 5) is 15.3. The van der Waals surface area contributed by atoms with Crippen LogP contribution in [0.3, 0.4) is 0 Å². The number of amides is 1. The zero-order valence-corrected chi connectivity index (χ0v) is 18.5. The number of para-hydroxylation sites is 2. The van der Waals surface area contributed by atoms with E-state index in [9.17, 15) is 4.79 Å². The van der Waals surface area contributed by atoms with Gasteiger partial charge in [-0.2, -0.15) is 5.10 Å². The van der Waals surface area contributed by atoms with Crippen molar-refractivity contribution in [3.8, 4) is 5.69 Å². The summed E-state index contributed by atoms with van der Waals surface area (Å²) >= 11 is 1.18. The van der Waals surface area contributed by atoms with Crippen LogP contribution in [0.15, 0.2) is 95.1 Å². The van der Waals surface area contributed by atoms with Crippen LogP contribution >= 0.6 is 11.3 Å². The van der Waals surface area contributed by atoms with Gasteiger partial charge < -0.3 is 10.2 Å². The lowest BCUT2D eigenvalue weighted by molar-refractivity contribution is 0.102. The summed E-state index contributed by atoms with van der Waals surface area (Å²) in [6.45, 7) is 0. The average molecular weight is 443 g/mol. The Morgan fingerprint density at radius 2 is 1.62 bits per heavy atom. The first-order chi connectivity index (χ1) is 15.6. The predicted octanol–water partition coefficient (Wildman–Crippen LogP) is 4.19. The maximum Gasteiger partial charge on any atom is 0.286 e. The van der Waals surface area contributed by atoms with Gasteiger partial charge in [0, 0.05) is 25.5 Å². The number of nitrogens with one attached hydrogen (secondary N) is 1. The second-order valence-electron chi connectivity index (χ2n) is 7.09. The van der Waals surface area contributed by atoms with Crippen molar-refractivity contribution < 1.29 is 4.79 Å². The molecule has 1 amide bonds. The minimum atomic E-state index is -0.296. The maximum absolute atomic E-state index is 12.7. The van der Waals surface area contributed by atoms with E-state index in [1.54, 1.807) is 10.9 Å². The minimum absolute atomic E-state index is 0.294. The molecule has 0 saturated carbocycles. The highest BCUT2D eigenvalue weighted by atomic mass is 32.1. The molecule has 0 fully saturated rings. The Hall–Kier alpha value is -4.04. The monoisotopic (exact) mass is 442 g/mol. The summed E-state index contributed by atoms with van der Waals surface area (Å²) < 4.78 is 1.62. The lowest BCUT2D eigenvalue weighted by Crippen LogP contribution is -2.15. The van der Waals surface area contributed by atoms with E-state index in [4.69, 9.17) is 0 Å². The molecule has 4 aromatic rings. The van der Waals surface area contributed by atoms with Crippen molar-refractivity contribution in [1.82, 2.24) is 9.78 Å². The van der Waals surface area contributed by atoms with Crippen LogP contribution in [0, 0.1) is 0 Å². The summed E-state index contributed by atoms with van der Waals surface area (Å²) in [6, 6.07) is 26.8. The summed E-state index contributed by atoms with van der Waals surface area (Å²) in [5.74, 6) is -0.296. The summed E-state index contributed by atoms with van der Waals surface area (Å²) in [7, 11) is 3.99. The fourth-order valence-corrected chi connectivity index (χ4v) is 3.64. The van der Waals surface area contributed by atoms with Gasteiger partial charge in [-0.15, -0.1) is 10.2 Å². The molecule has 0 saturated heterocycles. The van der Waals surface area contributed by atoms with Crippen molar-refractivity contribution in [2.75, 3.05) is 24.3 Å². The number of benzene rings is 3. The molecular formula is C24H22N6OS. The molecule has 0 unspecified atom stereocenters. The first-order valence-corrected chi connectivity index (χ1v) is 10.8. The SMILES string of the molecule is CN(C)c1ccc(/C=N/N=c2/sc(C(=O)Nc3ccccc3)nn2-c2ccccc2)cc1. The third-order valence-electron chi connectivity index (χ3n) is 4.55. The van der Waals surface area contributed by atoms with Gasteiger partial charge >= 0.3 is 0 Å². The highest BCUT2D eigenvalue weighted by Gasteiger charge is 2.14. The van der Waals surface area contributed by atoms with Crippen LogP contribution in [0.25, 0.3) is 5.69 Å². The molecule has 160 valence electrons. The highest BCUT2D eigenvalue weighted by molar-refractivity contribution is 7.11. The second kappa shape index (κ2) is 9.84. The van der Waals surface area contributed by atoms with Gasteiger partial charge in [0.1, 0.15) is 0 Å². The minimum Gasteiger partial charge on any atom is -0.378 e. The molecule has 7 nitrogen and oxygen atoms in total. The van der Waals surface area contributed by atoms with Gasteiger partial charge in [0.2, 0.25) is 9.81 Å². The molecule has 3 aromatic carbocycles. The molecule has 0 spiro atoms. The summed E-state index contributed by atoms with van der Waals surface area (Å²) in [5.41, 5.74) is 3.54. The van der Waals surface area contributed by atoms with E-state index >= 15 is 0 Å². The van der Waals surface area contributed by atoms with Crippen molar-refractivity contribution in [2.45, 2.75) is 0 Å². The molecule has 32 heavy (non-hydrogen) atoms. The van der Waals surface area contributed by atoms with Gasteiger partial charge in [0.15, 0.2) is 0 Å². The Morgan fingerprint density at radius 1 is 0.969 bits per heavy atom. The maximum atomic E-state index is 12.7. The number of carbonyl (C=O) groups excluding carboxylic acids is 1. The summed E-state index contributed by atoms with van der Waals surface area (Å²) in [6.07, 6.45) is 1.68. The fraction of sp³-hybridized carbons (Fsp3) is 0.0833. The van der Waals surface area contributed by atoms with Crippen LogP contribution in [0.5, 0.6) is 0 Å². The molecular weight excluding hydrogens is 420 g/mol. The van der Waals surface area contributed by atoms with E-state index < -0.39 is 0 Å². The number of hydrogen-bond acceptors (Lipinski definition) is 6. The van der Waals surface area contributed by atoms with Crippen molar-refractivity contribution >= 4 is 34.8 Å². The van der Waals surface area contributed by atoms with E-state index in [-0.39, 0.29) is 5.91 Å². The molecule has 8 heteroatoms. The smallest absolute Gasteiger partial charge is 0.286 e. The number of rotatable bonds is 6. The predicted molar refractivity (Wildman–Crippen MR) is 130 cm³/mol. The zero-order valence-electron chi connectivity index (χ0n) is 17.7. The Balaban J connectivity index is 1.64. The lowest BCUT2D eigenvalue weighted by atomic mass is 10.2. The van der Waals surface area contributed by atoms with E-state index in [0.29, 0.717) is 15.5 Å². The topological polar surface area (TPSA) is 74.9 Å². The molecule has 0 bridgehead atoms. The van der Waals surface area contributed by atoms with E-state index in [2.05, 4.69) is 20.6 Å². The number of nitrogens with zero attached hydrogens (tertiary/aromatic N) is 5. The largest absolute Gasteiger partial charge is 0.378 e. The normalized spacial score (nSPS) is 11.6. The van der Waals surface area contributed by atoms with Crippen molar-refractivity contribution in [1.29, 1.82) is 0 Å². The molecule has 1 N–H and O–H groups in total. The molecule has 0 aliphatic rings. The second-order valence-corrected chi connectivity index (χ2v) is 8.04. The molecule has 0 aliphatic heterocycles. The number of anilines is 2. The highest BCUT2D eigenvalue weighted by Crippen LogP contribution is 2.12. The molecule has 4 rings (SSSR count). The van der Waals surface area contributed by atoms with E-state index in [0.717, 1.165) is 16.9 Å². The average Bonchev–Trinajstić information content (AvgIpc) is 3.25. The van der Waals surface area contributed by atoms with Gasteiger partial charge in [-0.05, 0) is 42.0 Å². The summed E-state index contributed by atoms with van der Waals surface area (Å²) in [5, 5.41) is 16.2. The standard InChI is InChI=1S/C24H22N6OS/c1-29(2)20-15-13-18(14-16-20)17-25-27-24-30(21-11-7-4-8-12-21)28-23(32-24)22(31)26-19-9-5-3-6-10-19/h3-17H,1-2H3,(H,26,31)/b25-17+,27-24+. The first-order valence-electron chi connectivity index (χ1n) is 9.96. The van der Waals surface area contributed by atoms with Crippen LogP contribution in [0.4, 0.5) is 11.4 Å². The van der Waals surface area contributed by atoms with Gasteiger partial charge in [0.25, 0.3) is 5.91 Å². The van der Waals surface area contributed by atoms with Gasteiger partial charge in [0.05, 0.1) is 11.9 Å². The van der Waals surface area contributed by atoms with Crippen molar-refractivity contribution in [3.05, 3.63) is 100 Å². The first kappa shape index (κ1) is 21.2. The van der Waals surface area contributed by atoms with Crippen LogP contribution in [0.1, 0.15) is 15.4 Å². The van der Waals surface area contributed by atoms with E-state index in [1.807, 2.05) is 104 Å². The number of hydrogen-bond donors (Lipinski definition) is 1. The number of aromatic nitrogens is 2. The van der Waals surface area contributed by atoms with Crippen LogP contribution in [-0.4, -0.2) is 36.0 Å². The lowest BCUT2D eigenvalue weighted by Gasteiger charge is -2.11. The number of carbonyl (C=O) groups is 1. The third-order valence-corrected chi connectivity index (χ3v) is 5.44. The molecule has 0 atom stereocenters. The van der Waals surface area contributed by atoms with Gasteiger partial charge in [-0.3, -0.25) is 4.79 Å². The van der Waals surface area contributed by atoms with Crippen molar-refractivity contribution in [3.63, 3.8) is 0 Å². The zero-order chi connectivity index (χ0) is 22.3. The van der Waals surface area contributed by atoms with Crippen molar-refractivity contribution in [2.24, 2.45) is 10.2 Å². The Kier molecular flexibility index (Phi) is 6.52. The van der Waals surface area contributed by atoms with Crippen LogP contribution < -0.4 is 15.0 Å². The Bertz CT molecular complexity index is 1280. The van der Waals surface area contributed by atoms with Crippen LogP contribution in [-0.2, 0) is 0 Å². The third kappa shape index (κ3) is 5.16. The van der Waals surface area contributed by atoms with Gasteiger partial charge in [-0.1, -0.05) is 59.9 Å².